The molecule has 1 amide bonds. The summed E-state index contributed by atoms with van der Waals surface area (Å²) >= 11 is 0. The lowest BCUT2D eigenvalue weighted by atomic mass is 9.98. The number of methoxy groups -OCH3 is 2. The van der Waals surface area contributed by atoms with Gasteiger partial charge < -0.3 is 14.8 Å². The zero-order valence-corrected chi connectivity index (χ0v) is 17.3. The van der Waals surface area contributed by atoms with Crippen LogP contribution in [0.25, 0.3) is 0 Å². The van der Waals surface area contributed by atoms with Gasteiger partial charge in [0.2, 0.25) is 5.91 Å². The SMILES string of the molecule is COc1ccc(CC(NC(=O)Cn2nc(C)cc2C)c2ccc(OC)cc2)cc1. The fourth-order valence-electron chi connectivity index (χ4n) is 3.30. The van der Waals surface area contributed by atoms with Crippen LogP contribution in [0.3, 0.4) is 0 Å². The monoisotopic (exact) mass is 393 g/mol. The molecule has 0 radical (unpaired) electrons. The molecule has 1 heterocycles. The molecule has 0 fully saturated rings. The third kappa shape index (κ3) is 5.38. The molecule has 152 valence electrons. The van der Waals surface area contributed by atoms with Crippen LogP contribution in [0.15, 0.2) is 54.6 Å². The van der Waals surface area contributed by atoms with Gasteiger partial charge in [0.05, 0.1) is 26.0 Å². The highest BCUT2D eigenvalue weighted by atomic mass is 16.5. The number of hydrogen-bond donors (Lipinski definition) is 1. The van der Waals surface area contributed by atoms with E-state index >= 15 is 0 Å². The Hall–Kier alpha value is -3.28. The Balaban J connectivity index is 1.78. The third-order valence-corrected chi connectivity index (χ3v) is 4.85. The molecule has 0 saturated carbocycles. The molecule has 1 aromatic heterocycles. The van der Waals surface area contributed by atoms with Crippen LogP contribution in [0, 0.1) is 13.8 Å². The summed E-state index contributed by atoms with van der Waals surface area (Å²) in [6.45, 7) is 4.06. The number of benzene rings is 2. The molecule has 6 heteroatoms. The summed E-state index contributed by atoms with van der Waals surface area (Å²) in [5.41, 5.74) is 4.00. The first-order valence-electron chi connectivity index (χ1n) is 9.56. The summed E-state index contributed by atoms with van der Waals surface area (Å²) in [4.78, 5) is 12.8. The molecule has 6 nitrogen and oxygen atoms in total. The summed E-state index contributed by atoms with van der Waals surface area (Å²) in [5, 5.41) is 7.54. The minimum absolute atomic E-state index is 0.0782. The van der Waals surface area contributed by atoms with Gasteiger partial charge in [-0.2, -0.15) is 5.10 Å². The minimum Gasteiger partial charge on any atom is -0.497 e. The number of carbonyl (C=O) groups is 1. The average molecular weight is 393 g/mol. The molecule has 0 aliphatic heterocycles. The van der Waals surface area contributed by atoms with E-state index in [1.807, 2.05) is 68.4 Å². The smallest absolute Gasteiger partial charge is 0.242 e. The number of nitrogens with zero attached hydrogens (tertiary/aromatic N) is 2. The van der Waals surface area contributed by atoms with E-state index in [4.69, 9.17) is 9.47 Å². The van der Waals surface area contributed by atoms with Gasteiger partial charge in [0.15, 0.2) is 0 Å². The van der Waals surface area contributed by atoms with E-state index in [2.05, 4.69) is 10.4 Å². The van der Waals surface area contributed by atoms with E-state index in [1.165, 1.54) is 0 Å². The number of nitrogens with one attached hydrogen (secondary N) is 1. The number of aryl methyl sites for hydroxylation is 2. The first kappa shape index (κ1) is 20.5. The van der Waals surface area contributed by atoms with Crippen molar-refractivity contribution in [1.29, 1.82) is 0 Å². The Kier molecular flexibility index (Phi) is 6.54. The van der Waals surface area contributed by atoms with Gasteiger partial charge in [-0.15, -0.1) is 0 Å². The van der Waals surface area contributed by atoms with Gasteiger partial charge in [-0.05, 0) is 61.7 Å². The van der Waals surface area contributed by atoms with E-state index < -0.39 is 0 Å². The average Bonchev–Trinajstić information content (AvgIpc) is 3.04. The molecule has 0 saturated heterocycles. The van der Waals surface area contributed by atoms with Gasteiger partial charge in [0, 0.05) is 5.69 Å². The molecule has 0 spiro atoms. The Labute approximate surface area is 171 Å². The van der Waals surface area contributed by atoms with Crippen molar-refractivity contribution in [2.24, 2.45) is 0 Å². The maximum absolute atomic E-state index is 12.8. The number of aromatic nitrogens is 2. The summed E-state index contributed by atoms with van der Waals surface area (Å²) < 4.78 is 12.2. The summed E-state index contributed by atoms with van der Waals surface area (Å²) in [6, 6.07) is 17.5. The van der Waals surface area contributed by atoms with Gasteiger partial charge in [-0.3, -0.25) is 9.48 Å². The molecular weight excluding hydrogens is 366 g/mol. The molecule has 3 rings (SSSR count). The molecule has 0 bridgehead atoms. The van der Waals surface area contributed by atoms with Crippen LogP contribution < -0.4 is 14.8 Å². The highest BCUT2D eigenvalue weighted by Crippen LogP contribution is 2.23. The number of amides is 1. The maximum Gasteiger partial charge on any atom is 0.242 e. The van der Waals surface area contributed by atoms with Gasteiger partial charge in [-0.25, -0.2) is 0 Å². The molecule has 1 N–H and O–H groups in total. The highest BCUT2D eigenvalue weighted by Gasteiger charge is 2.17. The lowest BCUT2D eigenvalue weighted by molar-refractivity contribution is -0.122. The minimum atomic E-state index is -0.168. The summed E-state index contributed by atoms with van der Waals surface area (Å²) in [5.74, 6) is 1.51. The lowest BCUT2D eigenvalue weighted by Gasteiger charge is -2.20. The molecule has 3 aromatic rings. The predicted molar refractivity (Wildman–Crippen MR) is 112 cm³/mol. The molecule has 0 aliphatic carbocycles. The second-order valence-corrected chi connectivity index (χ2v) is 7.03. The number of hydrogen-bond acceptors (Lipinski definition) is 4. The highest BCUT2D eigenvalue weighted by molar-refractivity contribution is 5.76. The zero-order chi connectivity index (χ0) is 20.8. The van der Waals surface area contributed by atoms with Crippen molar-refractivity contribution in [3.05, 3.63) is 77.1 Å². The standard InChI is InChI=1S/C23H27N3O3/c1-16-13-17(2)26(25-16)15-23(27)24-22(19-7-11-21(29-4)12-8-19)14-18-5-9-20(28-3)10-6-18/h5-13,22H,14-15H2,1-4H3,(H,24,27). The predicted octanol–water partition coefficient (Wildman–Crippen LogP) is 3.62. The Morgan fingerprint density at radius 2 is 1.59 bits per heavy atom. The molecule has 2 aromatic carbocycles. The van der Waals surface area contributed by atoms with Crippen LogP contribution in [0.5, 0.6) is 11.5 Å². The zero-order valence-electron chi connectivity index (χ0n) is 17.3. The van der Waals surface area contributed by atoms with Crippen molar-refractivity contribution in [2.45, 2.75) is 32.9 Å². The summed E-state index contributed by atoms with van der Waals surface area (Å²) in [7, 11) is 3.29. The Bertz CT molecular complexity index is 947. The van der Waals surface area contributed by atoms with Crippen LogP contribution in [0.1, 0.15) is 28.6 Å². The van der Waals surface area contributed by atoms with Crippen molar-refractivity contribution in [1.82, 2.24) is 15.1 Å². The molecule has 1 atom stereocenters. The first-order valence-corrected chi connectivity index (χ1v) is 9.56. The Morgan fingerprint density at radius 3 is 2.10 bits per heavy atom. The second kappa shape index (κ2) is 9.28. The van der Waals surface area contributed by atoms with E-state index in [-0.39, 0.29) is 18.5 Å². The van der Waals surface area contributed by atoms with Crippen LogP contribution in [-0.4, -0.2) is 29.9 Å². The summed E-state index contributed by atoms with van der Waals surface area (Å²) in [6.07, 6.45) is 0.666. The van der Waals surface area contributed by atoms with Crippen molar-refractivity contribution in [3.8, 4) is 11.5 Å². The van der Waals surface area contributed by atoms with Crippen LogP contribution in [0.2, 0.25) is 0 Å². The third-order valence-electron chi connectivity index (χ3n) is 4.85. The van der Waals surface area contributed by atoms with Crippen LogP contribution >= 0.6 is 0 Å². The Morgan fingerprint density at radius 1 is 1.00 bits per heavy atom. The number of ether oxygens (including phenoxy) is 2. The van der Waals surface area contributed by atoms with E-state index in [0.29, 0.717) is 6.42 Å². The maximum atomic E-state index is 12.8. The van der Waals surface area contributed by atoms with E-state index in [0.717, 1.165) is 34.0 Å². The van der Waals surface area contributed by atoms with Gasteiger partial charge >= 0.3 is 0 Å². The van der Waals surface area contributed by atoms with Gasteiger partial charge in [0.25, 0.3) is 0 Å². The molecular formula is C23H27N3O3. The van der Waals surface area contributed by atoms with Crippen molar-refractivity contribution >= 4 is 5.91 Å². The largest absolute Gasteiger partial charge is 0.497 e. The van der Waals surface area contributed by atoms with Gasteiger partial charge in [0.1, 0.15) is 18.0 Å². The van der Waals surface area contributed by atoms with Crippen molar-refractivity contribution in [3.63, 3.8) is 0 Å². The quantitative estimate of drug-likeness (QED) is 0.635. The van der Waals surface area contributed by atoms with E-state index in [9.17, 15) is 4.79 Å². The normalized spacial score (nSPS) is 11.7. The van der Waals surface area contributed by atoms with Crippen LogP contribution in [-0.2, 0) is 17.8 Å². The number of rotatable bonds is 8. The van der Waals surface area contributed by atoms with Crippen LogP contribution in [0.4, 0.5) is 0 Å². The lowest BCUT2D eigenvalue weighted by Crippen LogP contribution is -2.33. The second-order valence-electron chi connectivity index (χ2n) is 7.03. The van der Waals surface area contributed by atoms with Crippen molar-refractivity contribution < 1.29 is 14.3 Å². The fraction of sp³-hybridized carbons (Fsp3) is 0.304. The molecule has 1 unspecified atom stereocenters. The number of carbonyl (C=O) groups excluding carboxylic acids is 1. The fourth-order valence-corrected chi connectivity index (χ4v) is 3.30. The first-order chi connectivity index (χ1) is 14.0. The van der Waals surface area contributed by atoms with Gasteiger partial charge in [-0.1, -0.05) is 24.3 Å². The van der Waals surface area contributed by atoms with Crippen molar-refractivity contribution in [2.75, 3.05) is 14.2 Å². The molecule has 29 heavy (non-hydrogen) atoms. The molecule has 0 aliphatic rings. The topological polar surface area (TPSA) is 65.4 Å². The van der Waals surface area contributed by atoms with E-state index in [1.54, 1.807) is 18.9 Å².